The second-order valence-electron chi connectivity index (χ2n) is 4.16. The van der Waals surface area contributed by atoms with E-state index in [0.29, 0.717) is 17.7 Å². The van der Waals surface area contributed by atoms with E-state index < -0.39 is 5.97 Å². The average molecular weight is 371 g/mol. The summed E-state index contributed by atoms with van der Waals surface area (Å²) < 4.78 is 0.752. The van der Waals surface area contributed by atoms with Gasteiger partial charge in [0.15, 0.2) is 5.11 Å². The summed E-state index contributed by atoms with van der Waals surface area (Å²) in [4.78, 5) is 22.0. The van der Waals surface area contributed by atoms with Crippen LogP contribution in [0.1, 0.15) is 25.3 Å². The van der Waals surface area contributed by atoms with Crippen molar-refractivity contribution < 1.29 is 14.7 Å². The number of carbonyl (C=O) groups excluding carboxylic acids is 1. The molecule has 7 heteroatoms. The van der Waals surface area contributed by atoms with Gasteiger partial charge in [-0.2, -0.15) is 0 Å². The van der Waals surface area contributed by atoms with E-state index in [0.717, 1.165) is 17.0 Å². The number of carboxylic acid groups (broad SMARTS) is 1. The van der Waals surface area contributed by atoms with Crippen molar-refractivity contribution in [2.45, 2.75) is 19.8 Å². The number of anilines is 1. The molecule has 0 atom stereocenters. The Morgan fingerprint density at radius 2 is 2.14 bits per heavy atom. The molecule has 21 heavy (non-hydrogen) atoms. The molecule has 112 valence electrons. The molecule has 0 aromatic heterocycles. The van der Waals surface area contributed by atoms with Crippen molar-refractivity contribution >= 4 is 56.9 Å². The lowest BCUT2D eigenvalue weighted by atomic mass is 10.2. The van der Waals surface area contributed by atoms with Crippen LogP contribution in [0.2, 0.25) is 0 Å². The molecule has 1 rings (SSSR count). The fraction of sp³-hybridized carbons (Fsp3) is 0.214. The number of thiocarbonyl (C=S) groups is 1. The van der Waals surface area contributed by atoms with Crippen LogP contribution in [0.4, 0.5) is 5.69 Å². The lowest BCUT2D eigenvalue weighted by Gasteiger charge is -2.11. The fourth-order valence-electron chi connectivity index (χ4n) is 1.48. The van der Waals surface area contributed by atoms with Crippen LogP contribution in [0.15, 0.2) is 28.7 Å². The van der Waals surface area contributed by atoms with E-state index >= 15 is 0 Å². The Bertz CT molecular complexity index is 588. The third kappa shape index (κ3) is 6.50. The second-order valence-corrected chi connectivity index (χ2v) is 5.43. The second kappa shape index (κ2) is 8.53. The van der Waals surface area contributed by atoms with Gasteiger partial charge in [0.25, 0.3) is 0 Å². The molecule has 0 radical (unpaired) electrons. The maximum Gasteiger partial charge on any atom is 0.328 e. The Labute approximate surface area is 136 Å². The predicted octanol–water partition coefficient (Wildman–Crippen LogP) is 3.16. The molecule has 3 N–H and O–H groups in total. The minimum Gasteiger partial charge on any atom is -0.478 e. The SMILES string of the molecule is CCCC(=O)NC(=S)Nc1cc(/C=C/C(=O)O)ccc1Br. The number of hydrogen-bond donors (Lipinski definition) is 3. The summed E-state index contributed by atoms with van der Waals surface area (Å²) in [6, 6.07) is 5.25. The Morgan fingerprint density at radius 1 is 1.43 bits per heavy atom. The van der Waals surface area contributed by atoms with Crippen LogP contribution in [0.3, 0.4) is 0 Å². The number of benzene rings is 1. The van der Waals surface area contributed by atoms with E-state index in [1.807, 2.05) is 6.92 Å². The first-order valence-corrected chi connectivity index (χ1v) is 7.44. The van der Waals surface area contributed by atoms with Gasteiger partial charge in [-0.1, -0.05) is 13.0 Å². The van der Waals surface area contributed by atoms with Crippen molar-refractivity contribution in [1.29, 1.82) is 0 Å². The highest BCUT2D eigenvalue weighted by atomic mass is 79.9. The van der Waals surface area contributed by atoms with Crippen molar-refractivity contribution in [3.8, 4) is 0 Å². The molecule has 1 amide bonds. The topological polar surface area (TPSA) is 78.4 Å². The van der Waals surface area contributed by atoms with Crippen molar-refractivity contribution in [2.75, 3.05) is 5.32 Å². The summed E-state index contributed by atoms with van der Waals surface area (Å²) in [6.07, 6.45) is 3.67. The minimum absolute atomic E-state index is 0.145. The third-order valence-electron chi connectivity index (χ3n) is 2.39. The van der Waals surface area contributed by atoms with Crippen LogP contribution in [-0.4, -0.2) is 22.1 Å². The molecule has 0 unspecified atom stereocenters. The Morgan fingerprint density at radius 3 is 2.76 bits per heavy atom. The number of nitrogens with one attached hydrogen (secondary N) is 2. The smallest absolute Gasteiger partial charge is 0.328 e. The van der Waals surface area contributed by atoms with Gasteiger partial charge in [-0.05, 0) is 58.3 Å². The van der Waals surface area contributed by atoms with E-state index in [4.69, 9.17) is 17.3 Å². The minimum atomic E-state index is -1.02. The van der Waals surface area contributed by atoms with Crippen molar-refractivity contribution in [2.24, 2.45) is 0 Å². The van der Waals surface area contributed by atoms with Crippen LogP contribution >= 0.6 is 28.1 Å². The van der Waals surface area contributed by atoms with Crippen molar-refractivity contribution in [3.05, 3.63) is 34.3 Å². The zero-order valence-corrected chi connectivity index (χ0v) is 13.8. The molecular formula is C14H15BrN2O3S. The van der Waals surface area contributed by atoms with Crippen LogP contribution in [0.25, 0.3) is 6.08 Å². The zero-order chi connectivity index (χ0) is 15.8. The molecule has 0 bridgehead atoms. The van der Waals surface area contributed by atoms with Gasteiger partial charge in [0, 0.05) is 17.0 Å². The zero-order valence-electron chi connectivity index (χ0n) is 11.4. The summed E-state index contributed by atoms with van der Waals surface area (Å²) in [5.41, 5.74) is 1.34. The lowest BCUT2D eigenvalue weighted by Crippen LogP contribution is -2.33. The van der Waals surface area contributed by atoms with Gasteiger partial charge in [-0.25, -0.2) is 4.79 Å². The summed E-state index contributed by atoms with van der Waals surface area (Å²) in [7, 11) is 0. The largest absolute Gasteiger partial charge is 0.478 e. The molecule has 0 spiro atoms. The van der Waals surface area contributed by atoms with E-state index in [1.165, 1.54) is 6.08 Å². The first-order valence-electron chi connectivity index (χ1n) is 6.23. The molecule has 1 aromatic rings. The number of rotatable bonds is 5. The molecule has 1 aromatic carbocycles. The molecule has 0 aliphatic heterocycles. The number of carboxylic acids is 1. The summed E-state index contributed by atoms with van der Waals surface area (Å²) >= 11 is 8.42. The van der Waals surface area contributed by atoms with Crippen LogP contribution in [0, 0.1) is 0 Å². The monoisotopic (exact) mass is 370 g/mol. The van der Waals surface area contributed by atoms with Gasteiger partial charge < -0.3 is 15.7 Å². The van der Waals surface area contributed by atoms with E-state index in [2.05, 4.69) is 26.6 Å². The first kappa shape index (κ1) is 17.3. The van der Waals surface area contributed by atoms with Crippen molar-refractivity contribution in [3.63, 3.8) is 0 Å². The normalized spacial score (nSPS) is 10.4. The lowest BCUT2D eigenvalue weighted by molar-refractivity contribution is -0.131. The van der Waals surface area contributed by atoms with Gasteiger partial charge in [-0.15, -0.1) is 0 Å². The summed E-state index contributed by atoms with van der Waals surface area (Å²) in [6.45, 7) is 1.91. The molecular weight excluding hydrogens is 356 g/mol. The Kier molecular flexibility index (Phi) is 7.04. The van der Waals surface area contributed by atoms with E-state index in [1.54, 1.807) is 18.2 Å². The molecule has 0 saturated heterocycles. The standard InChI is InChI=1S/C14H15BrN2O3S/c1-2-3-12(18)17-14(21)16-11-8-9(4-6-10(11)15)5-7-13(19)20/h4-8H,2-3H2,1H3,(H,19,20)(H2,16,17,18,21)/b7-5+. The highest BCUT2D eigenvalue weighted by molar-refractivity contribution is 9.10. The highest BCUT2D eigenvalue weighted by Crippen LogP contribution is 2.24. The predicted molar refractivity (Wildman–Crippen MR) is 90.1 cm³/mol. The van der Waals surface area contributed by atoms with Crippen LogP contribution in [-0.2, 0) is 9.59 Å². The molecule has 0 heterocycles. The highest BCUT2D eigenvalue weighted by Gasteiger charge is 2.06. The van der Waals surface area contributed by atoms with Gasteiger partial charge in [0.05, 0.1) is 5.69 Å². The first-order chi connectivity index (χ1) is 9.92. The van der Waals surface area contributed by atoms with Gasteiger partial charge in [-0.3, -0.25) is 4.79 Å². The number of hydrogen-bond acceptors (Lipinski definition) is 3. The average Bonchev–Trinajstić information content (AvgIpc) is 2.39. The molecule has 0 aliphatic rings. The molecule has 0 saturated carbocycles. The molecule has 0 aliphatic carbocycles. The van der Waals surface area contributed by atoms with E-state index in [9.17, 15) is 9.59 Å². The quantitative estimate of drug-likeness (QED) is 0.548. The number of amides is 1. The summed E-state index contributed by atoms with van der Waals surface area (Å²) in [5, 5.41) is 14.3. The van der Waals surface area contributed by atoms with Crippen LogP contribution in [0.5, 0.6) is 0 Å². The number of halogens is 1. The third-order valence-corrected chi connectivity index (χ3v) is 3.28. The number of carbonyl (C=O) groups is 2. The van der Waals surface area contributed by atoms with E-state index in [-0.39, 0.29) is 11.0 Å². The summed E-state index contributed by atoms with van der Waals surface area (Å²) in [5.74, 6) is -1.16. The maximum atomic E-state index is 11.4. The fourth-order valence-corrected chi connectivity index (χ4v) is 2.05. The Hall–Kier alpha value is -1.73. The molecule has 0 fully saturated rings. The van der Waals surface area contributed by atoms with Gasteiger partial charge >= 0.3 is 5.97 Å². The van der Waals surface area contributed by atoms with Crippen molar-refractivity contribution in [1.82, 2.24) is 5.32 Å². The maximum absolute atomic E-state index is 11.4. The Balaban J connectivity index is 2.78. The molecule has 5 nitrogen and oxygen atoms in total. The van der Waals surface area contributed by atoms with Crippen LogP contribution < -0.4 is 10.6 Å². The van der Waals surface area contributed by atoms with Gasteiger partial charge in [0.1, 0.15) is 0 Å². The van der Waals surface area contributed by atoms with Gasteiger partial charge in [0.2, 0.25) is 5.91 Å². The number of aliphatic carboxylic acids is 1.